The molecule has 0 rings (SSSR count). The van der Waals surface area contributed by atoms with E-state index in [1.807, 2.05) is 50.3 Å². The Morgan fingerprint density at radius 1 is 1.07 bits per heavy atom. The standard InChI is InChI=1S/C15H20/c1-5-8-12-15(7-3)13-10-9-11-14(4)6-2/h5-12H,2-3,13H2,1,4H3/b8-5+,10-9+,14-11-,15-12+. The Hall–Kier alpha value is -1.56. The molecule has 0 aromatic heterocycles. The first-order chi connectivity index (χ1) is 7.24. The van der Waals surface area contributed by atoms with Crippen LogP contribution in [0.3, 0.4) is 0 Å². The van der Waals surface area contributed by atoms with Crippen LogP contribution in [0.15, 0.2) is 72.9 Å². The largest absolute Gasteiger partial charge is 0.0988 e. The fraction of sp³-hybridized carbons (Fsp3) is 0.200. The molecule has 0 aromatic rings. The second kappa shape index (κ2) is 9.01. The first-order valence-corrected chi connectivity index (χ1v) is 5.14. The van der Waals surface area contributed by atoms with E-state index in [0.29, 0.717) is 0 Å². The van der Waals surface area contributed by atoms with Crippen molar-refractivity contribution in [3.63, 3.8) is 0 Å². The molecule has 0 nitrogen and oxygen atoms in total. The highest BCUT2D eigenvalue weighted by atomic mass is 13.9. The Balaban J connectivity index is 4.23. The summed E-state index contributed by atoms with van der Waals surface area (Å²) in [6.07, 6.45) is 16.9. The molecule has 0 saturated heterocycles. The predicted molar refractivity (Wildman–Crippen MR) is 70.8 cm³/mol. The fourth-order valence-corrected chi connectivity index (χ4v) is 0.931. The van der Waals surface area contributed by atoms with Gasteiger partial charge in [-0.1, -0.05) is 67.3 Å². The maximum Gasteiger partial charge on any atom is -0.00945 e. The maximum absolute atomic E-state index is 3.78. The van der Waals surface area contributed by atoms with Gasteiger partial charge in [-0.15, -0.1) is 0 Å². The van der Waals surface area contributed by atoms with Crippen molar-refractivity contribution >= 4 is 0 Å². The zero-order valence-electron chi connectivity index (χ0n) is 9.74. The Morgan fingerprint density at radius 3 is 2.33 bits per heavy atom. The molecular weight excluding hydrogens is 180 g/mol. The molecule has 0 aliphatic rings. The second-order valence-electron chi connectivity index (χ2n) is 3.22. The van der Waals surface area contributed by atoms with Gasteiger partial charge in [-0.2, -0.15) is 0 Å². The summed E-state index contributed by atoms with van der Waals surface area (Å²) in [7, 11) is 0. The highest BCUT2D eigenvalue weighted by Crippen LogP contribution is 2.04. The minimum absolute atomic E-state index is 0.911. The summed E-state index contributed by atoms with van der Waals surface area (Å²) < 4.78 is 0. The highest BCUT2D eigenvalue weighted by molar-refractivity contribution is 5.26. The fourth-order valence-electron chi connectivity index (χ4n) is 0.931. The third-order valence-corrected chi connectivity index (χ3v) is 1.94. The Labute approximate surface area is 93.7 Å². The number of hydrogen-bond acceptors (Lipinski definition) is 0. The van der Waals surface area contributed by atoms with Crippen LogP contribution in [0.1, 0.15) is 20.3 Å². The van der Waals surface area contributed by atoms with Gasteiger partial charge in [0, 0.05) is 0 Å². The van der Waals surface area contributed by atoms with Gasteiger partial charge < -0.3 is 0 Å². The van der Waals surface area contributed by atoms with Crippen LogP contribution in [0.4, 0.5) is 0 Å². The molecule has 0 aromatic carbocycles. The van der Waals surface area contributed by atoms with E-state index in [4.69, 9.17) is 0 Å². The van der Waals surface area contributed by atoms with E-state index < -0.39 is 0 Å². The molecule has 0 aliphatic heterocycles. The Bertz CT molecular complexity index is 309. The van der Waals surface area contributed by atoms with Gasteiger partial charge in [0.15, 0.2) is 0 Å². The monoisotopic (exact) mass is 200 g/mol. The van der Waals surface area contributed by atoms with Crippen LogP contribution < -0.4 is 0 Å². The van der Waals surface area contributed by atoms with Crippen LogP contribution in [-0.2, 0) is 0 Å². The number of hydrogen-bond donors (Lipinski definition) is 0. The average molecular weight is 200 g/mol. The van der Waals surface area contributed by atoms with E-state index in [2.05, 4.69) is 25.3 Å². The lowest BCUT2D eigenvalue weighted by molar-refractivity contribution is 1.29. The van der Waals surface area contributed by atoms with Gasteiger partial charge in [-0.3, -0.25) is 0 Å². The van der Waals surface area contributed by atoms with Crippen LogP contribution in [0.5, 0.6) is 0 Å². The minimum atomic E-state index is 0.911. The smallest absolute Gasteiger partial charge is 0.00945 e. The lowest BCUT2D eigenvalue weighted by Gasteiger charge is -1.93. The molecule has 0 unspecified atom stereocenters. The third-order valence-electron chi connectivity index (χ3n) is 1.94. The van der Waals surface area contributed by atoms with Gasteiger partial charge in [-0.05, 0) is 25.8 Å². The van der Waals surface area contributed by atoms with Crippen LogP contribution in [0, 0.1) is 0 Å². The van der Waals surface area contributed by atoms with Crippen molar-refractivity contribution in [3.8, 4) is 0 Å². The van der Waals surface area contributed by atoms with Crippen LogP contribution in [0.25, 0.3) is 0 Å². The summed E-state index contributed by atoms with van der Waals surface area (Å²) in [4.78, 5) is 0. The second-order valence-corrected chi connectivity index (χ2v) is 3.22. The molecule has 0 heterocycles. The van der Waals surface area contributed by atoms with E-state index in [1.54, 1.807) is 0 Å². The molecule has 15 heavy (non-hydrogen) atoms. The summed E-state index contributed by atoms with van der Waals surface area (Å²) >= 11 is 0. The van der Waals surface area contributed by atoms with E-state index in [9.17, 15) is 0 Å². The predicted octanol–water partition coefficient (Wildman–Crippen LogP) is 4.75. The van der Waals surface area contributed by atoms with Gasteiger partial charge in [0.25, 0.3) is 0 Å². The van der Waals surface area contributed by atoms with Crippen molar-refractivity contribution in [3.05, 3.63) is 72.9 Å². The number of rotatable bonds is 6. The molecule has 0 amide bonds. The first-order valence-electron chi connectivity index (χ1n) is 5.14. The van der Waals surface area contributed by atoms with Crippen molar-refractivity contribution in [2.45, 2.75) is 20.3 Å². The molecule has 80 valence electrons. The van der Waals surface area contributed by atoms with Crippen molar-refractivity contribution in [1.29, 1.82) is 0 Å². The summed E-state index contributed by atoms with van der Waals surface area (Å²) in [6.45, 7) is 11.5. The van der Waals surface area contributed by atoms with Gasteiger partial charge >= 0.3 is 0 Å². The van der Waals surface area contributed by atoms with Crippen molar-refractivity contribution in [2.24, 2.45) is 0 Å². The van der Waals surface area contributed by atoms with Gasteiger partial charge in [-0.25, -0.2) is 0 Å². The van der Waals surface area contributed by atoms with Gasteiger partial charge in [0.05, 0.1) is 0 Å². The van der Waals surface area contributed by atoms with Crippen LogP contribution in [0.2, 0.25) is 0 Å². The Morgan fingerprint density at radius 2 is 1.80 bits per heavy atom. The molecule has 0 aliphatic carbocycles. The van der Waals surface area contributed by atoms with Gasteiger partial charge in [0.1, 0.15) is 0 Å². The zero-order valence-corrected chi connectivity index (χ0v) is 9.74. The molecule has 0 radical (unpaired) electrons. The normalized spacial score (nSPS) is 13.7. The van der Waals surface area contributed by atoms with Crippen LogP contribution in [-0.4, -0.2) is 0 Å². The quantitative estimate of drug-likeness (QED) is 0.543. The lowest BCUT2D eigenvalue weighted by atomic mass is 10.1. The first kappa shape index (κ1) is 13.4. The molecule has 0 bridgehead atoms. The van der Waals surface area contributed by atoms with E-state index in [0.717, 1.165) is 6.42 Å². The zero-order chi connectivity index (χ0) is 11.5. The lowest BCUT2D eigenvalue weighted by Crippen LogP contribution is -1.73. The molecule has 0 heteroatoms. The molecule has 0 atom stereocenters. The Kier molecular flexibility index (Phi) is 8.08. The molecule has 0 saturated carbocycles. The van der Waals surface area contributed by atoms with E-state index in [1.165, 1.54) is 11.1 Å². The third kappa shape index (κ3) is 7.51. The van der Waals surface area contributed by atoms with Crippen molar-refractivity contribution in [1.82, 2.24) is 0 Å². The van der Waals surface area contributed by atoms with Gasteiger partial charge in [0.2, 0.25) is 0 Å². The molecule has 0 N–H and O–H groups in total. The van der Waals surface area contributed by atoms with E-state index >= 15 is 0 Å². The SMILES string of the molecule is C=C/C(C)=C\C=C\C/C(C=C)=C/C=C/C. The topological polar surface area (TPSA) is 0 Å². The molecular formula is C15H20. The summed E-state index contributed by atoms with van der Waals surface area (Å²) in [5.41, 5.74) is 2.39. The minimum Gasteiger partial charge on any atom is -0.0988 e. The molecule has 0 spiro atoms. The summed E-state index contributed by atoms with van der Waals surface area (Å²) in [5.74, 6) is 0. The number of allylic oxidation sites excluding steroid dienone is 10. The highest BCUT2D eigenvalue weighted by Gasteiger charge is 1.84. The summed E-state index contributed by atoms with van der Waals surface area (Å²) in [6, 6.07) is 0. The molecule has 0 fully saturated rings. The van der Waals surface area contributed by atoms with E-state index in [-0.39, 0.29) is 0 Å². The van der Waals surface area contributed by atoms with Crippen molar-refractivity contribution in [2.75, 3.05) is 0 Å². The van der Waals surface area contributed by atoms with Crippen molar-refractivity contribution < 1.29 is 0 Å². The van der Waals surface area contributed by atoms with Crippen LogP contribution >= 0.6 is 0 Å². The summed E-state index contributed by atoms with van der Waals surface area (Å²) in [5, 5.41) is 0. The maximum atomic E-state index is 3.78. The average Bonchev–Trinajstić information content (AvgIpc) is 2.27.